The standard InChI is InChI=1S/C27H22Cl2N2O4S/c1-16-7-10-21(11-17(16)2)30-25(32)15-35-23-6-4-3-5-18(23)12-24-26(33)31(27(34)36-24)14-19-8-9-20(28)13-22(19)29/h3-13H,14-15H2,1-2H3,(H,30,32)/b24-12-. The van der Waals surface area contributed by atoms with Gasteiger partial charge in [0, 0.05) is 21.3 Å². The van der Waals surface area contributed by atoms with Crippen LogP contribution in [0, 0.1) is 13.8 Å². The van der Waals surface area contributed by atoms with Crippen molar-refractivity contribution in [2.45, 2.75) is 20.4 Å². The van der Waals surface area contributed by atoms with Crippen LogP contribution in [-0.4, -0.2) is 28.6 Å². The summed E-state index contributed by atoms with van der Waals surface area (Å²) in [5, 5.41) is 3.26. The minimum Gasteiger partial charge on any atom is -0.483 e. The maximum atomic E-state index is 13.0. The van der Waals surface area contributed by atoms with Crippen LogP contribution >= 0.6 is 35.0 Å². The molecule has 0 aromatic heterocycles. The third-order valence-corrected chi connectivity index (χ3v) is 7.07. The number of benzene rings is 3. The molecular formula is C27H22Cl2N2O4S. The lowest BCUT2D eigenvalue weighted by atomic mass is 10.1. The van der Waals surface area contributed by atoms with Gasteiger partial charge in [-0.15, -0.1) is 0 Å². The molecule has 1 aliphatic heterocycles. The average Bonchev–Trinajstić information content (AvgIpc) is 3.10. The molecule has 0 atom stereocenters. The predicted octanol–water partition coefficient (Wildman–Crippen LogP) is 6.86. The normalized spacial score (nSPS) is 14.4. The molecule has 0 unspecified atom stereocenters. The summed E-state index contributed by atoms with van der Waals surface area (Å²) in [5.74, 6) is -0.327. The van der Waals surface area contributed by atoms with E-state index in [0.29, 0.717) is 32.6 Å². The molecule has 184 valence electrons. The number of para-hydroxylation sites is 1. The van der Waals surface area contributed by atoms with Gasteiger partial charge in [0.25, 0.3) is 17.1 Å². The van der Waals surface area contributed by atoms with Gasteiger partial charge in [-0.1, -0.05) is 53.5 Å². The number of ether oxygens (including phenoxy) is 1. The molecule has 1 aliphatic rings. The summed E-state index contributed by atoms with van der Waals surface area (Å²) >= 11 is 13.0. The van der Waals surface area contributed by atoms with Gasteiger partial charge in [0.15, 0.2) is 6.61 Å². The molecule has 0 bridgehead atoms. The number of hydrogen-bond donors (Lipinski definition) is 1. The van der Waals surface area contributed by atoms with Crippen LogP contribution < -0.4 is 10.1 Å². The van der Waals surface area contributed by atoms with Crippen molar-refractivity contribution in [3.05, 3.63) is 97.9 Å². The number of anilines is 1. The summed E-state index contributed by atoms with van der Waals surface area (Å²) in [6, 6.07) is 17.6. The summed E-state index contributed by atoms with van der Waals surface area (Å²) in [7, 11) is 0. The van der Waals surface area contributed by atoms with Crippen molar-refractivity contribution in [3.8, 4) is 5.75 Å². The molecule has 1 saturated heterocycles. The van der Waals surface area contributed by atoms with Crippen LogP contribution in [0.25, 0.3) is 6.08 Å². The number of carbonyl (C=O) groups excluding carboxylic acids is 3. The molecule has 0 spiro atoms. The molecule has 1 fully saturated rings. The smallest absolute Gasteiger partial charge is 0.293 e. The number of hydrogen-bond acceptors (Lipinski definition) is 5. The van der Waals surface area contributed by atoms with E-state index in [9.17, 15) is 14.4 Å². The van der Waals surface area contributed by atoms with Crippen molar-refractivity contribution in [1.82, 2.24) is 4.90 Å². The minimum absolute atomic E-state index is 0.0365. The van der Waals surface area contributed by atoms with Gasteiger partial charge in [0.2, 0.25) is 0 Å². The number of nitrogens with one attached hydrogen (secondary N) is 1. The number of rotatable bonds is 7. The van der Waals surface area contributed by atoms with Crippen LogP contribution in [0.5, 0.6) is 5.75 Å². The van der Waals surface area contributed by atoms with Crippen LogP contribution in [0.1, 0.15) is 22.3 Å². The highest BCUT2D eigenvalue weighted by Gasteiger charge is 2.35. The summed E-state index contributed by atoms with van der Waals surface area (Å²) in [6.45, 7) is 3.80. The molecule has 1 N–H and O–H groups in total. The van der Waals surface area contributed by atoms with E-state index >= 15 is 0 Å². The Morgan fingerprint density at radius 2 is 1.81 bits per heavy atom. The number of aryl methyl sites for hydroxylation is 2. The zero-order valence-electron chi connectivity index (χ0n) is 19.5. The van der Waals surface area contributed by atoms with E-state index in [2.05, 4.69) is 5.32 Å². The molecule has 3 aromatic rings. The number of imide groups is 1. The Bertz CT molecular complexity index is 1390. The maximum Gasteiger partial charge on any atom is 0.293 e. The molecule has 0 saturated carbocycles. The number of amides is 3. The lowest BCUT2D eigenvalue weighted by Gasteiger charge is -2.14. The van der Waals surface area contributed by atoms with Crippen molar-refractivity contribution in [2.75, 3.05) is 11.9 Å². The first-order chi connectivity index (χ1) is 17.2. The third-order valence-electron chi connectivity index (χ3n) is 5.57. The predicted molar refractivity (Wildman–Crippen MR) is 144 cm³/mol. The van der Waals surface area contributed by atoms with Crippen LogP contribution in [0.15, 0.2) is 65.6 Å². The number of nitrogens with zero attached hydrogens (tertiary/aromatic N) is 1. The fourth-order valence-corrected chi connectivity index (χ4v) is 4.79. The Hall–Kier alpha value is -3.26. The summed E-state index contributed by atoms with van der Waals surface area (Å²) in [6.07, 6.45) is 1.59. The van der Waals surface area contributed by atoms with Crippen molar-refractivity contribution < 1.29 is 19.1 Å². The van der Waals surface area contributed by atoms with Crippen molar-refractivity contribution in [3.63, 3.8) is 0 Å². The summed E-state index contributed by atoms with van der Waals surface area (Å²) < 4.78 is 5.74. The van der Waals surface area contributed by atoms with Crippen LogP contribution in [0.3, 0.4) is 0 Å². The molecule has 6 nitrogen and oxygen atoms in total. The third kappa shape index (κ3) is 6.10. The highest BCUT2D eigenvalue weighted by molar-refractivity contribution is 8.18. The van der Waals surface area contributed by atoms with Gasteiger partial charge in [-0.05, 0) is 78.7 Å². The van der Waals surface area contributed by atoms with Gasteiger partial charge in [-0.3, -0.25) is 19.3 Å². The van der Waals surface area contributed by atoms with Crippen LogP contribution in [0.4, 0.5) is 10.5 Å². The van der Waals surface area contributed by atoms with Gasteiger partial charge in [-0.25, -0.2) is 0 Å². The van der Waals surface area contributed by atoms with E-state index in [0.717, 1.165) is 27.8 Å². The number of thioether (sulfide) groups is 1. The SMILES string of the molecule is Cc1ccc(NC(=O)COc2ccccc2/C=C2\SC(=O)N(Cc3ccc(Cl)cc3Cl)C2=O)cc1C. The zero-order valence-corrected chi connectivity index (χ0v) is 21.8. The van der Waals surface area contributed by atoms with Gasteiger partial charge < -0.3 is 10.1 Å². The largest absolute Gasteiger partial charge is 0.483 e. The zero-order chi connectivity index (χ0) is 25.8. The first-order valence-electron chi connectivity index (χ1n) is 11.0. The quantitative estimate of drug-likeness (QED) is 0.331. The van der Waals surface area contributed by atoms with E-state index in [1.54, 1.807) is 48.5 Å². The molecule has 4 rings (SSSR count). The molecule has 0 aliphatic carbocycles. The van der Waals surface area contributed by atoms with E-state index in [1.807, 2.05) is 32.0 Å². The summed E-state index contributed by atoms with van der Waals surface area (Å²) in [5.41, 5.74) is 4.09. The van der Waals surface area contributed by atoms with Crippen molar-refractivity contribution >= 4 is 63.8 Å². The molecular weight excluding hydrogens is 519 g/mol. The molecule has 0 radical (unpaired) electrons. The van der Waals surface area contributed by atoms with E-state index < -0.39 is 11.1 Å². The fraction of sp³-hybridized carbons (Fsp3) is 0.148. The maximum absolute atomic E-state index is 13.0. The van der Waals surface area contributed by atoms with Gasteiger partial charge >= 0.3 is 0 Å². The topological polar surface area (TPSA) is 75.7 Å². The Kier molecular flexibility index (Phi) is 8.04. The Balaban J connectivity index is 1.45. The average molecular weight is 541 g/mol. The Labute approximate surface area is 223 Å². The Morgan fingerprint density at radius 1 is 1.03 bits per heavy atom. The summed E-state index contributed by atoms with van der Waals surface area (Å²) in [4.78, 5) is 39.3. The van der Waals surface area contributed by atoms with Crippen LogP contribution in [-0.2, 0) is 16.1 Å². The molecule has 3 aromatic carbocycles. The van der Waals surface area contributed by atoms with Crippen LogP contribution in [0.2, 0.25) is 10.0 Å². The highest BCUT2D eigenvalue weighted by Crippen LogP contribution is 2.36. The van der Waals surface area contributed by atoms with Crippen molar-refractivity contribution in [2.24, 2.45) is 0 Å². The second-order valence-corrected chi connectivity index (χ2v) is 10.0. The second-order valence-electron chi connectivity index (χ2n) is 8.18. The fourth-order valence-electron chi connectivity index (χ4n) is 3.49. The van der Waals surface area contributed by atoms with Crippen molar-refractivity contribution in [1.29, 1.82) is 0 Å². The van der Waals surface area contributed by atoms with E-state index in [4.69, 9.17) is 27.9 Å². The van der Waals surface area contributed by atoms with Gasteiger partial charge in [0.1, 0.15) is 5.75 Å². The monoisotopic (exact) mass is 540 g/mol. The molecule has 3 amide bonds. The molecule has 1 heterocycles. The van der Waals surface area contributed by atoms with E-state index in [1.165, 1.54) is 0 Å². The number of halogens is 2. The minimum atomic E-state index is -0.432. The second kappa shape index (κ2) is 11.2. The first kappa shape index (κ1) is 25.8. The Morgan fingerprint density at radius 3 is 2.56 bits per heavy atom. The van der Waals surface area contributed by atoms with Gasteiger partial charge in [0.05, 0.1) is 11.4 Å². The lowest BCUT2D eigenvalue weighted by molar-refractivity contribution is -0.123. The number of carbonyl (C=O) groups is 3. The van der Waals surface area contributed by atoms with E-state index in [-0.39, 0.29) is 24.0 Å². The molecule has 9 heteroatoms. The highest BCUT2D eigenvalue weighted by atomic mass is 35.5. The van der Waals surface area contributed by atoms with Gasteiger partial charge in [-0.2, -0.15) is 0 Å². The lowest BCUT2D eigenvalue weighted by Crippen LogP contribution is -2.27. The molecule has 36 heavy (non-hydrogen) atoms. The first-order valence-corrected chi connectivity index (χ1v) is 12.6.